The highest BCUT2D eigenvalue weighted by molar-refractivity contribution is 7.92. The van der Waals surface area contributed by atoms with Gasteiger partial charge in [0.2, 0.25) is 11.5 Å². The molecule has 0 bridgehead atoms. The minimum Gasteiger partial charge on any atom is -0.506 e. The van der Waals surface area contributed by atoms with Crippen LogP contribution in [-0.4, -0.2) is 68.9 Å². The average molecular weight is 675 g/mol. The standard InChI is InChI=1S/C14H17N3O5S.C14H13N3O5S/c2*18-12-7-9(6-10-2-1-3-13(19)15-10)4-5-11(12)17-8-14(20)16-23(17,21)22/h4-5,7,10,18H,1-3,6,8H2,(H,15,19)(H,16,20);1-5,7,18H,6,8H2,(H,15,19)(H,16,20). The van der Waals surface area contributed by atoms with Crippen molar-refractivity contribution in [2.75, 3.05) is 21.7 Å². The van der Waals surface area contributed by atoms with Crippen molar-refractivity contribution in [3.05, 3.63) is 81.8 Å². The molecule has 1 aromatic heterocycles. The Bertz CT molecular complexity index is 1980. The fraction of sp³-hybridized carbons (Fsp3) is 0.286. The molecule has 2 aromatic carbocycles. The Labute approximate surface area is 263 Å². The van der Waals surface area contributed by atoms with E-state index in [9.17, 15) is 46.2 Å². The minimum atomic E-state index is -3.96. The molecule has 244 valence electrons. The van der Waals surface area contributed by atoms with E-state index < -0.39 is 32.2 Å². The van der Waals surface area contributed by atoms with Crippen LogP contribution in [0.3, 0.4) is 0 Å². The molecule has 0 radical (unpaired) electrons. The number of phenols is 2. The van der Waals surface area contributed by atoms with Gasteiger partial charge in [-0.25, -0.2) is 18.1 Å². The lowest BCUT2D eigenvalue weighted by Crippen LogP contribution is -2.39. The highest BCUT2D eigenvalue weighted by atomic mass is 32.2. The summed E-state index contributed by atoms with van der Waals surface area (Å²) < 4.78 is 52.5. The molecule has 4 heterocycles. The number of anilines is 2. The van der Waals surface area contributed by atoms with Crippen molar-refractivity contribution in [2.45, 2.75) is 38.1 Å². The molecule has 0 spiro atoms. The van der Waals surface area contributed by atoms with E-state index in [-0.39, 0.29) is 53.5 Å². The number of benzene rings is 2. The molecule has 3 aliphatic heterocycles. The molecule has 3 saturated heterocycles. The first-order valence-corrected chi connectivity index (χ1v) is 16.9. The molecule has 16 nitrogen and oxygen atoms in total. The number of rotatable bonds is 6. The zero-order chi connectivity index (χ0) is 33.2. The molecule has 1 atom stereocenters. The topological polar surface area (TPSA) is 235 Å². The maximum Gasteiger partial charge on any atom is 0.326 e. The fourth-order valence-corrected chi connectivity index (χ4v) is 7.58. The first kappa shape index (κ1) is 32.3. The first-order chi connectivity index (χ1) is 21.7. The van der Waals surface area contributed by atoms with Gasteiger partial charge in [-0.3, -0.25) is 19.2 Å². The van der Waals surface area contributed by atoms with E-state index >= 15 is 0 Å². The lowest BCUT2D eigenvalue weighted by Gasteiger charge is -2.23. The Morgan fingerprint density at radius 3 is 1.80 bits per heavy atom. The summed E-state index contributed by atoms with van der Waals surface area (Å²) >= 11 is 0. The average Bonchev–Trinajstić information content (AvgIpc) is 3.39. The first-order valence-electron chi connectivity index (χ1n) is 14.0. The molecule has 1 unspecified atom stereocenters. The van der Waals surface area contributed by atoms with Gasteiger partial charge >= 0.3 is 20.4 Å². The van der Waals surface area contributed by atoms with Gasteiger partial charge in [-0.15, -0.1) is 0 Å². The minimum absolute atomic E-state index is 0.0141. The lowest BCUT2D eigenvalue weighted by molar-refractivity contribution is -0.123. The van der Waals surface area contributed by atoms with E-state index in [2.05, 4.69) is 10.3 Å². The Morgan fingerprint density at radius 2 is 1.30 bits per heavy atom. The fourth-order valence-electron chi connectivity index (χ4n) is 5.25. The summed E-state index contributed by atoms with van der Waals surface area (Å²) in [5.41, 5.74) is 1.98. The van der Waals surface area contributed by atoms with Crippen LogP contribution in [-0.2, 0) is 47.6 Å². The number of nitrogens with one attached hydrogen (secondary N) is 4. The van der Waals surface area contributed by atoms with E-state index in [0.29, 0.717) is 30.5 Å². The van der Waals surface area contributed by atoms with Gasteiger partial charge in [0.25, 0.3) is 11.8 Å². The van der Waals surface area contributed by atoms with Gasteiger partial charge < -0.3 is 20.5 Å². The zero-order valence-electron chi connectivity index (χ0n) is 24.1. The van der Waals surface area contributed by atoms with E-state index in [1.54, 1.807) is 24.3 Å². The second kappa shape index (κ2) is 12.7. The van der Waals surface area contributed by atoms with Crippen LogP contribution >= 0.6 is 0 Å². The number of hydrogen-bond donors (Lipinski definition) is 6. The van der Waals surface area contributed by atoms with Crippen LogP contribution in [0.25, 0.3) is 0 Å². The highest BCUT2D eigenvalue weighted by Gasteiger charge is 2.36. The van der Waals surface area contributed by atoms with Crippen molar-refractivity contribution < 1.29 is 41.4 Å². The number of aromatic amines is 1. The largest absolute Gasteiger partial charge is 0.506 e. The van der Waals surface area contributed by atoms with Gasteiger partial charge in [-0.2, -0.15) is 16.8 Å². The molecular formula is C28H30N6O10S2. The van der Waals surface area contributed by atoms with Gasteiger partial charge in [0.05, 0.1) is 11.4 Å². The number of phenolic OH excluding ortho intramolecular Hbond substituents is 2. The summed E-state index contributed by atoms with van der Waals surface area (Å²) in [4.78, 5) is 47.8. The molecule has 0 aliphatic carbocycles. The van der Waals surface area contributed by atoms with Crippen molar-refractivity contribution in [3.8, 4) is 11.5 Å². The lowest BCUT2D eigenvalue weighted by atomic mass is 9.97. The van der Waals surface area contributed by atoms with Gasteiger partial charge in [0.1, 0.15) is 24.6 Å². The third-order valence-corrected chi connectivity index (χ3v) is 10.1. The third kappa shape index (κ3) is 7.40. The predicted octanol–water partition coefficient (Wildman–Crippen LogP) is -0.363. The molecule has 3 aromatic rings. The Balaban J connectivity index is 0.000000181. The van der Waals surface area contributed by atoms with E-state index in [1.165, 1.54) is 30.3 Å². The van der Waals surface area contributed by atoms with Gasteiger partial charge in [0, 0.05) is 30.6 Å². The Morgan fingerprint density at radius 1 is 0.739 bits per heavy atom. The third-order valence-electron chi connectivity index (χ3n) is 7.28. The molecule has 3 amide bonds. The number of pyridine rings is 1. The van der Waals surface area contributed by atoms with Crippen LogP contribution in [0.15, 0.2) is 59.4 Å². The van der Waals surface area contributed by atoms with Crippen LogP contribution in [0.2, 0.25) is 0 Å². The Hall–Kier alpha value is -5.10. The highest BCUT2D eigenvalue weighted by Crippen LogP contribution is 2.33. The van der Waals surface area contributed by atoms with Crippen molar-refractivity contribution in [1.29, 1.82) is 0 Å². The van der Waals surface area contributed by atoms with Crippen molar-refractivity contribution in [1.82, 2.24) is 19.7 Å². The second-order valence-electron chi connectivity index (χ2n) is 10.8. The van der Waals surface area contributed by atoms with E-state index in [4.69, 9.17) is 0 Å². The summed E-state index contributed by atoms with van der Waals surface area (Å²) in [5, 5.41) is 23.1. The molecule has 18 heteroatoms. The normalized spacial score (nSPS) is 19.9. The Kier molecular flexibility index (Phi) is 8.93. The van der Waals surface area contributed by atoms with Gasteiger partial charge in [-0.05, 0) is 60.7 Å². The number of H-pyrrole nitrogens is 1. The zero-order valence-corrected chi connectivity index (χ0v) is 25.7. The molecular weight excluding hydrogens is 644 g/mol. The van der Waals surface area contributed by atoms with E-state index in [0.717, 1.165) is 27.0 Å². The molecule has 6 rings (SSSR count). The molecule has 46 heavy (non-hydrogen) atoms. The smallest absolute Gasteiger partial charge is 0.326 e. The van der Waals surface area contributed by atoms with Gasteiger partial charge in [-0.1, -0.05) is 18.2 Å². The van der Waals surface area contributed by atoms with Crippen LogP contribution in [0.5, 0.6) is 11.5 Å². The number of hydrogen-bond acceptors (Lipinski definition) is 10. The van der Waals surface area contributed by atoms with Crippen molar-refractivity contribution in [3.63, 3.8) is 0 Å². The van der Waals surface area contributed by atoms with Crippen molar-refractivity contribution >= 4 is 49.5 Å². The van der Waals surface area contributed by atoms with Crippen LogP contribution in [0.1, 0.15) is 36.1 Å². The number of carbonyl (C=O) groups excluding carboxylic acids is 3. The summed E-state index contributed by atoms with van der Waals surface area (Å²) in [5.74, 6) is -1.76. The maximum absolute atomic E-state index is 11.8. The molecule has 3 fully saturated rings. The van der Waals surface area contributed by atoms with Gasteiger partial charge in [0.15, 0.2) is 0 Å². The number of aromatic nitrogens is 1. The SMILES string of the molecule is O=C1CCCC(Cc2ccc(N3CC(=O)NS3(=O)=O)c(O)c2)N1.O=C1CN(c2ccc(Cc3cccc(=O)[nH]3)cc2O)S(=O)(=O)N1. The number of aromatic hydroxyl groups is 2. The van der Waals surface area contributed by atoms with E-state index in [1.807, 2.05) is 9.44 Å². The van der Waals surface area contributed by atoms with Crippen LogP contribution in [0.4, 0.5) is 11.4 Å². The van der Waals surface area contributed by atoms with Crippen LogP contribution < -0.4 is 28.9 Å². The number of amides is 3. The summed E-state index contributed by atoms with van der Waals surface area (Å²) in [6.07, 6.45) is 3.17. The predicted molar refractivity (Wildman–Crippen MR) is 164 cm³/mol. The summed E-state index contributed by atoms with van der Waals surface area (Å²) in [6.45, 7) is -0.727. The molecule has 0 saturated carbocycles. The monoisotopic (exact) mass is 674 g/mol. The number of piperidine rings is 1. The quantitative estimate of drug-likeness (QED) is 0.199. The summed E-state index contributed by atoms with van der Waals surface area (Å²) in [6, 6.07) is 13.8. The van der Waals surface area contributed by atoms with Crippen molar-refractivity contribution in [2.24, 2.45) is 0 Å². The number of carbonyl (C=O) groups is 3. The number of nitrogens with zero attached hydrogens (tertiary/aromatic N) is 2. The second-order valence-corrected chi connectivity index (χ2v) is 14.0. The van der Waals surface area contributed by atoms with Crippen LogP contribution in [0, 0.1) is 0 Å². The summed E-state index contributed by atoms with van der Waals surface area (Å²) in [7, 11) is -7.91. The molecule has 3 aliphatic rings. The molecule has 6 N–H and O–H groups in total. The maximum atomic E-state index is 11.8.